The van der Waals surface area contributed by atoms with Gasteiger partial charge in [0.25, 0.3) is 0 Å². The average Bonchev–Trinajstić information content (AvgIpc) is 2.78. The van der Waals surface area contributed by atoms with Crippen molar-refractivity contribution in [1.29, 1.82) is 0 Å². The highest BCUT2D eigenvalue weighted by molar-refractivity contribution is 6.32. The van der Waals surface area contributed by atoms with E-state index in [0.717, 1.165) is 32.7 Å². The van der Waals surface area contributed by atoms with Crippen LogP contribution in [0.3, 0.4) is 0 Å². The first kappa shape index (κ1) is 24.2. The van der Waals surface area contributed by atoms with E-state index in [-0.39, 0.29) is 5.91 Å². The third-order valence-corrected chi connectivity index (χ3v) is 5.48. The predicted octanol–water partition coefficient (Wildman–Crippen LogP) is 3.77. The van der Waals surface area contributed by atoms with Crippen molar-refractivity contribution in [3.63, 3.8) is 0 Å². The van der Waals surface area contributed by atoms with Crippen molar-refractivity contribution in [3.8, 4) is 17.2 Å². The van der Waals surface area contributed by atoms with Crippen LogP contribution < -0.4 is 19.5 Å². The van der Waals surface area contributed by atoms with Gasteiger partial charge in [-0.05, 0) is 38.1 Å². The van der Waals surface area contributed by atoms with E-state index >= 15 is 0 Å². The highest BCUT2D eigenvalue weighted by Crippen LogP contribution is 2.29. The van der Waals surface area contributed by atoms with Crippen LogP contribution in [0.25, 0.3) is 0 Å². The molecule has 0 saturated carbocycles. The van der Waals surface area contributed by atoms with Gasteiger partial charge in [-0.3, -0.25) is 14.6 Å². The van der Waals surface area contributed by atoms with Gasteiger partial charge >= 0.3 is 0 Å². The van der Waals surface area contributed by atoms with E-state index in [9.17, 15) is 4.79 Å². The first-order valence-electron chi connectivity index (χ1n) is 11.1. The summed E-state index contributed by atoms with van der Waals surface area (Å²) < 4.78 is 17.0. The Morgan fingerprint density at radius 2 is 1.66 bits per heavy atom. The van der Waals surface area contributed by atoms with Crippen molar-refractivity contribution in [1.82, 2.24) is 9.80 Å². The summed E-state index contributed by atoms with van der Waals surface area (Å²) >= 11 is 6.12. The van der Waals surface area contributed by atoms with Crippen molar-refractivity contribution in [2.24, 2.45) is 0 Å². The number of halogens is 1. The van der Waals surface area contributed by atoms with Gasteiger partial charge in [-0.25, -0.2) is 0 Å². The molecular formula is C24H32ClN3O4. The third-order valence-electron chi connectivity index (χ3n) is 5.17. The van der Waals surface area contributed by atoms with Gasteiger partial charge in [0, 0.05) is 38.8 Å². The molecular weight excluding hydrogens is 430 g/mol. The zero-order valence-electron chi connectivity index (χ0n) is 18.8. The number of rotatable bonds is 11. The summed E-state index contributed by atoms with van der Waals surface area (Å²) in [6.45, 7) is 10.1. The summed E-state index contributed by atoms with van der Waals surface area (Å²) in [4.78, 5) is 17.2. The van der Waals surface area contributed by atoms with Crippen LogP contribution in [0.15, 0.2) is 42.5 Å². The fourth-order valence-corrected chi connectivity index (χ4v) is 3.75. The molecule has 174 valence electrons. The topological polar surface area (TPSA) is 63.3 Å². The van der Waals surface area contributed by atoms with Crippen LogP contribution >= 0.6 is 11.6 Å². The first-order valence-corrected chi connectivity index (χ1v) is 11.5. The van der Waals surface area contributed by atoms with Crippen LogP contribution in [0, 0.1) is 0 Å². The number of hydrogen-bond acceptors (Lipinski definition) is 6. The van der Waals surface area contributed by atoms with E-state index in [2.05, 4.69) is 15.1 Å². The maximum atomic E-state index is 12.7. The highest BCUT2D eigenvalue weighted by Gasteiger charge is 2.20. The Bertz CT molecular complexity index is 872. The minimum absolute atomic E-state index is 0.0601. The molecule has 3 rings (SSSR count). The molecule has 0 unspecified atom stereocenters. The summed E-state index contributed by atoms with van der Waals surface area (Å²) in [6, 6.07) is 13.0. The monoisotopic (exact) mass is 461 g/mol. The highest BCUT2D eigenvalue weighted by atomic mass is 35.5. The van der Waals surface area contributed by atoms with Gasteiger partial charge in [-0.15, -0.1) is 0 Å². The SMILES string of the molecule is CCOc1ccc(OCC)c(NC(=O)CN2CCN(CCOc3ccccc3Cl)CC2)c1. The van der Waals surface area contributed by atoms with Gasteiger partial charge in [0.15, 0.2) is 0 Å². The molecule has 0 bridgehead atoms. The Kier molecular flexibility index (Phi) is 9.46. The van der Waals surface area contributed by atoms with Crippen molar-refractivity contribution in [3.05, 3.63) is 47.5 Å². The number of piperazine rings is 1. The molecule has 2 aromatic rings. The predicted molar refractivity (Wildman–Crippen MR) is 127 cm³/mol. The zero-order chi connectivity index (χ0) is 22.8. The maximum absolute atomic E-state index is 12.7. The minimum atomic E-state index is -0.0601. The lowest BCUT2D eigenvalue weighted by Crippen LogP contribution is -2.49. The van der Waals surface area contributed by atoms with Crippen molar-refractivity contribution in [2.45, 2.75) is 13.8 Å². The second kappa shape index (κ2) is 12.5. The molecule has 1 aliphatic heterocycles. The second-order valence-electron chi connectivity index (χ2n) is 7.47. The van der Waals surface area contributed by atoms with Gasteiger partial charge in [-0.2, -0.15) is 0 Å². The van der Waals surface area contributed by atoms with Gasteiger partial charge in [0.1, 0.15) is 23.9 Å². The van der Waals surface area contributed by atoms with E-state index in [4.69, 9.17) is 25.8 Å². The Balaban J connectivity index is 1.42. The second-order valence-corrected chi connectivity index (χ2v) is 7.88. The molecule has 0 radical (unpaired) electrons. The molecule has 1 aliphatic rings. The van der Waals surface area contributed by atoms with Crippen LogP contribution in [0.2, 0.25) is 5.02 Å². The Hall–Kier alpha value is -2.48. The molecule has 1 N–H and O–H groups in total. The Morgan fingerprint density at radius 3 is 2.38 bits per heavy atom. The number of benzene rings is 2. The molecule has 2 aromatic carbocycles. The average molecular weight is 462 g/mol. The number of amides is 1. The number of nitrogens with one attached hydrogen (secondary N) is 1. The molecule has 7 nitrogen and oxygen atoms in total. The lowest BCUT2D eigenvalue weighted by Gasteiger charge is -2.34. The van der Waals surface area contributed by atoms with Crippen molar-refractivity contribution < 1.29 is 19.0 Å². The first-order chi connectivity index (χ1) is 15.6. The maximum Gasteiger partial charge on any atom is 0.238 e. The molecule has 8 heteroatoms. The minimum Gasteiger partial charge on any atom is -0.494 e. The third kappa shape index (κ3) is 7.29. The standard InChI is InChI=1S/C24H32ClN3O4/c1-3-30-19-9-10-23(31-4-2)21(17-19)26-24(29)18-28-13-11-27(12-14-28)15-16-32-22-8-6-5-7-20(22)25/h5-10,17H,3-4,11-16,18H2,1-2H3,(H,26,29). The van der Waals surface area contributed by atoms with Crippen LogP contribution in [0.1, 0.15) is 13.8 Å². The lowest BCUT2D eigenvalue weighted by molar-refractivity contribution is -0.117. The number of anilines is 1. The van der Waals surface area contributed by atoms with E-state index in [1.165, 1.54) is 0 Å². The Morgan fingerprint density at radius 1 is 0.938 bits per heavy atom. The molecule has 1 amide bonds. The van der Waals surface area contributed by atoms with Crippen molar-refractivity contribution >= 4 is 23.2 Å². The fraction of sp³-hybridized carbons (Fsp3) is 0.458. The Labute approximate surface area is 195 Å². The van der Waals surface area contributed by atoms with Gasteiger partial charge in [0.05, 0.1) is 30.5 Å². The summed E-state index contributed by atoms with van der Waals surface area (Å²) in [5.74, 6) is 2.01. The molecule has 0 aliphatic carbocycles. The largest absolute Gasteiger partial charge is 0.494 e. The summed E-state index contributed by atoms with van der Waals surface area (Å²) in [7, 11) is 0. The molecule has 0 spiro atoms. The van der Waals surface area contributed by atoms with Crippen LogP contribution in [0.5, 0.6) is 17.2 Å². The summed E-state index contributed by atoms with van der Waals surface area (Å²) in [6.07, 6.45) is 0. The molecule has 0 aromatic heterocycles. The lowest BCUT2D eigenvalue weighted by atomic mass is 10.2. The number of carbonyl (C=O) groups is 1. The zero-order valence-corrected chi connectivity index (χ0v) is 19.6. The summed E-state index contributed by atoms with van der Waals surface area (Å²) in [5, 5.41) is 3.61. The van der Waals surface area contributed by atoms with Gasteiger partial charge in [-0.1, -0.05) is 23.7 Å². The fourth-order valence-electron chi connectivity index (χ4n) is 3.55. The van der Waals surface area contributed by atoms with E-state index in [1.54, 1.807) is 0 Å². The summed E-state index contributed by atoms with van der Waals surface area (Å²) in [5.41, 5.74) is 0.637. The number of para-hydroxylation sites is 1. The van der Waals surface area contributed by atoms with Crippen molar-refractivity contribution in [2.75, 3.05) is 64.4 Å². The van der Waals surface area contributed by atoms with Crippen LogP contribution in [0.4, 0.5) is 5.69 Å². The number of ether oxygens (including phenoxy) is 3. The van der Waals surface area contributed by atoms with Crippen LogP contribution in [-0.2, 0) is 4.79 Å². The molecule has 1 heterocycles. The quantitative estimate of drug-likeness (QED) is 0.549. The number of hydrogen-bond donors (Lipinski definition) is 1. The molecule has 32 heavy (non-hydrogen) atoms. The van der Waals surface area contributed by atoms with E-state index < -0.39 is 0 Å². The van der Waals surface area contributed by atoms with Crippen LogP contribution in [-0.4, -0.2) is 74.8 Å². The van der Waals surface area contributed by atoms with E-state index in [1.807, 2.05) is 56.3 Å². The number of carbonyl (C=O) groups excluding carboxylic acids is 1. The molecule has 0 atom stereocenters. The number of nitrogens with zero attached hydrogens (tertiary/aromatic N) is 2. The van der Waals surface area contributed by atoms with Gasteiger partial charge < -0.3 is 19.5 Å². The molecule has 1 saturated heterocycles. The van der Waals surface area contributed by atoms with E-state index in [0.29, 0.717) is 54.3 Å². The molecule has 1 fully saturated rings. The smallest absolute Gasteiger partial charge is 0.238 e. The normalized spacial score (nSPS) is 14.7. The van der Waals surface area contributed by atoms with Gasteiger partial charge in [0.2, 0.25) is 5.91 Å².